The summed E-state index contributed by atoms with van der Waals surface area (Å²) in [5.74, 6) is 0.510. The minimum atomic E-state index is -0.161. The fourth-order valence-electron chi connectivity index (χ4n) is 3.06. The second-order valence-corrected chi connectivity index (χ2v) is 8.78. The first-order valence-electron chi connectivity index (χ1n) is 10.0. The van der Waals surface area contributed by atoms with Crippen LogP contribution in [0.25, 0.3) is 6.08 Å². The Morgan fingerprint density at radius 1 is 1.09 bits per heavy atom. The molecule has 0 atom stereocenters. The van der Waals surface area contributed by atoms with Crippen LogP contribution in [0, 0.1) is 0 Å². The number of amidine groups is 1. The third-order valence-corrected chi connectivity index (χ3v) is 6.22. The molecule has 4 rings (SSSR count). The van der Waals surface area contributed by atoms with Crippen molar-refractivity contribution in [1.82, 2.24) is 9.88 Å². The number of para-hydroxylation sites is 1. The maximum Gasteiger partial charge on any atom is 0.267 e. The summed E-state index contributed by atoms with van der Waals surface area (Å²) in [7, 11) is 0. The normalized spacial score (nSPS) is 15.9. The van der Waals surface area contributed by atoms with Gasteiger partial charge in [-0.3, -0.25) is 9.69 Å². The summed E-state index contributed by atoms with van der Waals surface area (Å²) in [4.78, 5) is 23.8. The molecule has 1 saturated heterocycles. The predicted molar refractivity (Wildman–Crippen MR) is 136 cm³/mol. The van der Waals surface area contributed by atoms with Crippen LogP contribution in [0.2, 0.25) is 10.2 Å². The molecule has 33 heavy (non-hydrogen) atoms. The number of carbonyl (C=O) groups is 1. The Bertz CT molecular complexity index is 1240. The molecule has 0 spiro atoms. The Kier molecular flexibility index (Phi) is 7.50. The van der Waals surface area contributed by atoms with Crippen molar-refractivity contribution in [3.63, 3.8) is 0 Å². The van der Waals surface area contributed by atoms with Gasteiger partial charge in [-0.25, -0.2) is 9.98 Å². The van der Waals surface area contributed by atoms with E-state index in [2.05, 4.69) is 16.6 Å². The third kappa shape index (κ3) is 5.66. The van der Waals surface area contributed by atoms with Crippen LogP contribution in [0.3, 0.4) is 0 Å². The molecule has 1 fully saturated rings. The van der Waals surface area contributed by atoms with Crippen LogP contribution in [0.1, 0.15) is 11.1 Å². The Morgan fingerprint density at radius 2 is 1.88 bits per heavy atom. The van der Waals surface area contributed by atoms with E-state index >= 15 is 0 Å². The van der Waals surface area contributed by atoms with Crippen LogP contribution in [-0.2, 0) is 11.4 Å². The number of carbonyl (C=O) groups excluding carboxylic acids is 1. The van der Waals surface area contributed by atoms with E-state index < -0.39 is 0 Å². The van der Waals surface area contributed by atoms with Crippen molar-refractivity contribution < 1.29 is 9.53 Å². The standard InChI is InChI=1S/C25H19Cl2N3O2S/c1-2-14-30-24(31)22(33-25(30)29-20-7-5-13-28-23(20)27)15-18-6-3-4-8-21(18)32-16-17-9-11-19(26)12-10-17/h2-13,15H,1,14,16H2/b22-15-,29-25?. The molecular formula is C25H19Cl2N3O2S. The predicted octanol–water partition coefficient (Wildman–Crippen LogP) is 6.76. The van der Waals surface area contributed by atoms with Gasteiger partial charge in [0, 0.05) is 23.3 Å². The maximum atomic E-state index is 13.1. The number of pyridine rings is 1. The van der Waals surface area contributed by atoms with Crippen molar-refractivity contribution in [1.29, 1.82) is 0 Å². The van der Waals surface area contributed by atoms with Crippen molar-refractivity contribution in [2.45, 2.75) is 6.61 Å². The van der Waals surface area contributed by atoms with E-state index in [1.165, 1.54) is 11.8 Å². The molecule has 0 unspecified atom stereocenters. The molecule has 5 nitrogen and oxygen atoms in total. The first kappa shape index (κ1) is 23.1. The zero-order valence-electron chi connectivity index (χ0n) is 17.4. The van der Waals surface area contributed by atoms with Crippen molar-refractivity contribution in [2.75, 3.05) is 6.54 Å². The third-order valence-electron chi connectivity index (χ3n) is 4.67. The van der Waals surface area contributed by atoms with Crippen LogP contribution < -0.4 is 4.74 Å². The Labute approximate surface area is 206 Å². The molecule has 0 aliphatic carbocycles. The number of thioether (sulfide) groups is 1. The highest BCUT2D eigenvalue weighted by Gasteiger charge is 2.33. The van der Waals surface area contributed by atoms with E-state index in [1.54, 1.807) is 29.3 Å². The van der Waals surface area contributed by atoms with E-state index in [0.717, 1.165) is 11.1 Å². The van der Waals surface area contributed by atoms with Crippen molar-refractivity contribution in [3.8, 4) is 5.75 Å². The van der Waals surface area contributed by atoms with Crippen LogP contribution in [0.5, 0.6) is 5.75 Å². The molecule has 1 aromatic heterocycles. The summed E-state index contributed by atoms with van der Waals surface area (Å²) < 4.78 is 6.03. The quantitative estimate of drug-likeness (QED) is 0.206. The number of ether oxygens (including phenoxy) is 1. The van der Waals surface area contributed by atoms with Crippen molar-refractivity contribution >= 4 is 57.8 Å². The summed E-state index contributed by atoms with van der Waals surface area (Å²) in [5.41, 5.74) is 2.28. The molecule has 3 aromatic rings. The molecule has 0 radical (unpaired) electrons. The Balaban J connectivity index is 1.61. The Morgan fingerprint density at radius 3 is 2.64 bits per heavy atom. The molecule has 1 aliphatic rings. The van der Waals surface area contributed by atoms with Gasteiger partial charge in [-0.1, -0.05) is 59.6 Å². The van der Waals surface area contributed by atoms with Crippen LogP contribution in [0.4, 0.5) is 5.69 Å². The van der Waals surface area contributed by atoms with Gasteiger partial charge in [-0.2, -0.15) is 0 Å². The van der Waals surface area contributed by atoms with E-state index in [4.69, 9.17) is 27.9 Å². The van der Waals surface area contributed by atoms with E-state index in [1.807, 2.05) is 54.6 Å². The largest absolute Gasteiger partial charge is 0.488 e. The lowest BCUT2D eigenvalue weighted by Crippen LogP contribution is -2.29. The van der Waals surface area contributed by atoms with Gasteiger partial charge < -0.3 is 4.74 Å². The number of aromatic nitrogens is 1. The zero-order chi connectivity index (χ0) is 23.2. The lowest BCUT2D eigenvalue weighted by molar-refractivity contribution is -0.121. The summed E-state index contributed by atoms with van der Waals surface area (Å²) in [6.07, 6.45) is 5.06. The lowest BCUT2D eigenvalue weighted by Gasteiger charge is -2.12. The molecule has 0 N–H and O–H groups in total. The highest BCUT2D eigenvalue weighted by Crippen LogP contribution is 2.36. The SMILES string of the molecule is C=CCN1C(=O)/C(=C/c2ccccc2OCc2ccc(Cl)cc2)SC1=Nc1cccnc1Cl. The number of aliphatic imine (C=N–C) groups is 1. The number of nitrogens with zero attached hydrogens (tertiary/aromatic N) is 3. The molecular weight excluding hydrogens is 477 g/mol. The highest BCUT2D eigenvalue weighted by atomic mass is 35.5. The molecule has 1 amide bonds. The fourth-order valence-corrected chi connectivity index (χ4v) is 4.34. The number of hydrogen-bond donors (Lipinski definition) is 0. The van der Waals surface area contributed by atoms with Gasteiger partial charge in [0.25, 0.3) is 5.91 Å². The van der Waals surface area contributed by atoms with Crippen LogP contribution >= 0.6 is 35.0 Å². The maximum absolute atomic E-state index is 13.1. The minimum absolute atomic E-state index is 0.161. The highest BCUT2D eigenvalue weighted by molar-refractivity contribution is 8.18. The van der Waals surface area contributed by atoms with Crippen LogP contribution in [-0.4, -0.2) is 27.5 Å². The topological polar surface area (TPSA) is 54.8 Å². The van der Waals surface area contributed by atoms with Crippen LogP contribution in [0.15, 0.2) is 89.4 Å². The molecule has 0 saturated carbocycles. The second kappa shape index (κ2) is 10.7. The van der Waals surface area contributed by atoms with Gasteiger partial charge in [-0.15, -0.1) is 6.58 Å². The molecule has 166 valence electrons. The molecule has 2 heterocycles. The Hall–Kier alpha value is -3.06. The zero-order valence-corrected chi connectivity index (χ0v) is 19.8. The molecule has 0 bridgehead atoms. The van der Waals surface area contributed by atoms with E-state index in [-0.39, 0.29) is 11.1 Å². The number of hydrogen-bond acceptors (Lipinski definition) is 5. The van der Waals surface area contributed by atoms with Gasteiger partial charge in [-0.05, 0) is 53.7 Å². The lowest BCUT2D eigenvalue weighted by atomic mass is 10.1. The summed E-state index contributed by atoms with van der Waals surface area (Å²) in [6.45, 7) is 4.47. The van der Waals surface area contributed by atoms with Gasteiger partial charge in [0.2, 0.25) is 0 Å². The monoisotopic (exact) mass is 495 g/mol. The average molecular weight is 496 g/mol. The molecule has 2 aromatic carbocycles. The van der Waals surface area contributed by atoms with Crippen molar-refractivity contribution in [3.05, 3.63) is 106 Å². The smallest absolute Gasteiger partial charge is 0.267 e. The number of halogens is 2. The average Bonchev–Trinajstić information content (AvgIpc) is 3.10. The molecule has 8 heteroatoms. The van der Waals surface area contributed by atoms with Gasteiger partial charge >= 0.3 is 0 Å². The number of rotatable bonds is 7. The first-order valence-corrected chi connectivity index (χ1v) is 11.6. The first-order chi connectivity index (χ1) is 16.0. The second-order valence-electron chi connectivity index (χ2n) is 6.98. The number of benzene rings is 2. The van der Waals surface area contributed by atoms with Gasteiger partial charge in [0.1, 0.15) is 18.0 Å². The number of amides is 1. The minimum Gasteiger partial charge on any atom is -0.488 e. The molecule has 1 aliphatic heterocycles. The summed E-state index contributed by atoms with van der Waals surface area (Å²) in [5, 5.41) is 1.46. The van der Waals surface area contributed by atoms with E-state index in [9.17, 15) is 4.79 Å². The van der Waals surface area contributed by atoms with Gasteiger partial charge in [0.15, 0.2) is 10.3 Å². The van der Waals surface area contributed by atoms with E-state index in [0.29, 0.717) is 39.7 Å². The fraction of sp³-hybridized carbons (Fsp3) is 0.0800. The van der Waals surface area contributed by atoms with Gasteiger partial charge in [0.05, 0.1) is 4.91 Å². The van der Waals surface area contributed by atoms with Crippen molar-refractivity contribution in [2.24, 2.45) is 4.99 Å². The summed E-state index contributed by atoms with van der Waals surface area (Å²) >= 11 is 13.4. The summed E-state index contributed by atoms with van der Waals surface area (Å²) in [6, 6.07) is 18.6.